The normalized spacial score (nSPS) is 20.7. The second-order valence-corrected chi connectivity index (χ2v) is 7.15. The standard InChI is InChI=1S/C15H16N4O2S2/c1-9-2-3-10(12(20)18-14-16-4-6-22-14)11(8-9)13(21)19-15-17-5-7-23-15/h2,4-7,10-11H,3,8H2,1H3,(H,16,18,20)(H,17,19,21)/t10-,11-/m0/s1. The lowest BCUT2D eigenvalue weighted by atomic mass is 9.79. The molecule has 2 aromatic heterocycles. The fraction of sp³-hybridized carbons (Fsp3) is 0.333. The van der Waals surface area contributed by atoms with Crippen molar-refractivity contribution in [1.82, 2.24) is 9.97 Å². The van der Waals surface area contributed by atoms with Gasteiger partial charge >= 0.3 is 0 Å². The summed E-state index contributed by atoms with van der Waals surface area (Å²) in [5.41, 5.74) is 1.13. The SMILES string of the molecule is CC1=CC[C@H](C(=O)Nc2nccs2)[C@@H](C(=O)Nc2nccs2)C1. The molecule has 2 heterocycles. The number of hydrogen-bond donors (Lipinski definition) is 2. The van der Waals surface area contributed by atoms with Crippen LogP contribution in [-0.4, -0.2) is 21.8 Å². The number of thiazole rings is 2. The molecule has 120 valence electrons. The molecule has 8 heteroatoms. The number of aromatic nitrogens is 2. The van der Waals surface area contributed by atoms with Crippen LogP contribution < -0.4 is 10.6 Å². The van der Waals surface area contributed by atoms with Crippen molar-refractivity contribution in [3.8, 4) is 0 Å². The van der Waals surface area contributed by atoms with Crippen molar-refractivity contribution < 1.29 is 9.59 Å². The van der Waals surface area contributed by atoms with Crippen LogP contribution in [0.2, 0.25) is 0 Å². The van der Waals surface area contributed by atoms with E-state index in [0.29, 0.717) is 23.1 Å². The van der Waals surface area contributed by atoms with Gasteiger partial charge in [-0.15, -0.1) is 22.7 Å². The Kier molecular flexibility index (Phi) is 4.82. The van der Waals surface area contributed by atoms with E-state index in [1.807, 2.05) is 13.0 Å². The maximum absolute atomic E-state index is 12.6. The maximum Gasteiger partial charge on any atom is 0.230 e. The van der Waals surface area contributed by atoms with E-state index in [1.165, 1.54) is 22.7 Å². The van der Waals surface area contributed by atoms with Gasteiger partial charge in [0.2, 0.25) is 11.8 Å². The predicted octanol–water partition coefficient (Wildman–Crippen LogP) is 3.15. The highest BCUT2D eigenvalue weighted by Crippen LogP contribution is 2.32. The molecular weight excluding hydrogens is 332 g/mol. The fourth-order valence-corrected chi connectivity index (χ4v) is 3.66. The van der Waals surface area contributed by atoms with E-state index in [1.54, 1.807) is 23.2 Å². The molecule has 0 fully saturated rings. The molecule has 6 nitrogen and oxygen atoms in total. The highest BCUT2D eigenvalue weighted by Gasteiger charge is 2.36. The molecule has 2 N–H and O–H groups in total. The monoisotopic (exact) mass is 348 g/mol. The third-order valence-electron chi connectivity index (χ3n) is 3.75. The van der Waals surface area contributed by atoms with E-state index in [4.69, 9.17) is 0 Å². The van der Waals surface area contributed by atoms with Gasteiger partial charge in [0.15, 0.2) is 10.3 Å². The molecule has 2 amide bonds. The third kappa shape index (κ3) is 3.83. The van der Waals surface area contributed by atoms with Crippen LogP contribution in [0.1, 0.15) is 19.8 Å². The molecule has 0 aromatic carbocycles. The molecule has 0 radical (unpaired) electrons. The quantitative estimate of drug-likeness (QED) is 0.831. The Morgan fingerprint density at radius 1 is 1.04 bits per heavy atom. The number of amides is 2. The molecule has 0 bridgehead atoms. The van der Waals surface area contributed by atoms with E-state index in [0.717, 1.165) is 5.57 Å². The summed E-state index contributed by atoms with van der Waals surface area (Å²) in [5, 5.41) is 10.3. The first-order valence-electron chi connectivity index (χ1n) is 7.20. The summed E-state index contributed by atoms with van der Waals surface area (Å²) < 4.78 is 0. The van der Waals surface area contributed by atoms with E-state index in [2.05, 4.69) is 20.6 Å². The van der Waals surface area contributed by atoms with Gasteiger partial charge in [-0.2, -0.15) is 0 Å². The minimum atomic E-state index is -0.400. The molecule has 1 aliphatic rings. The summed E-state index contributed by atoms with van der Waals surface area (Å²) in [4.78, 5) is 33.2. The molecule has 3 rings (SSSR count). The first-order chi connectivity index (χ1) is 11.1. The molecule has 23 heavy (non-hydrogen) atoms. The number of nitrogens with one attached hydrogen (secondary N) is 2. The van der Waals surface area contributed by atoms with E-state index in [9.17, 15) is 9.59 Å². The summed E-state index contributed by atoms with van der Waals surface area (Å²) in [7, 11) is 0. The minimum absolute atomic E-state index is 0.160. The Balaban J connectivity index is 1.73. The average molecular weight is 348 g/mol. The highest BCUT2D eigenvalue weighted by atomic mass is 32.1. The van der Waals surface area contributed by atoms with Gasteiger partial charge in [0.25, 0.3) is 0 Å². The second-order valence-electron chi connectivity index (χ2n) is 5.36. The molecule has 0 saturated carbocycles. The molecule has 1 aliphatic carbocycles. The number of nitrogens with zero attached hydrogens (tertiary/aromatic N) is 2. The Labute approximate surface area is 141 Å². The predicted molar refractivity (Wildman–Crippen MR) is 91.5 cm³/mol. The first kappa shape index (κ1) is 15.8. The van der Waals surface area contributed by atoms with Crippen molar-refractivity contribution in [3.63, 3.8) is 0 Å². The number of rotatable bonds is 4. The van der Waals surface area contributed by atoms with Crippen LogP contribution in [0.3, 0.4) is 0 Å². The number of anilines is 2. The Morgan fingerprint density at radius 2 is 1.61 bits per heavy atom. The third-order valence-corrected chi connectivity index (χ3v) is 5.12. The summed E-state index contributed by atoms with van der Waals surface area (Å²) >= 11 is 2.72. The van der Waals surface area contributed by atoms with Crippen LogP contribution in [0.5, 0.6) is 0 Å². The lowest BCUT2D eigenvalue weighted by Gasteiger charge is -2.28. The zero-order valence-corrected chi connectivity index (χ0v) is 14.1. The molecule has 0 saturated heterocycles. The zero-order chi connectivity index (χ0) is 16.2. The Morgan fingerprint density at radius 3 is 2.13 bits per heavy atom. The fourth-order valence-electron chi connectivity index (χ4n) is 2.60. The minimum Gasteiger partial charge on any atom is -0.302 e. The Hall–Kier alpha value is -2.06. The van der Waals surface area contributed by atoms with Gasteiger partial charge in [0.05, 0.1) is 11.8 Å². The van der Waals surface area contributed by atoms with Crippen LogP contribution in [0.4, 0.5) is 10.3 Å². The lowest BCUT2D eigenvalue weighted by molar-refractivity contribution is -0.129. The van der Waals surface area contributed by atoms with Crippen molar-refractivity contribution in [3.05, 3.63) is 34.8 Å². The lowest BCUT2D eigenvalue weighted by Crippen LogP contribution is -2.38. The topological polar surface area (TPSA) is 84.0 Å². The first-order valence-corrected chi connectivity index (χ1v) is 8.96. The van der Waals surface area contributed by atoms with E-state index in [-0.39, 0.29) is 11.8 Å². The van der Waals surface area contributed by atoms with Gasteiger partial charge in [-0.05, 0) is 19.8 Å². The second kappa shape index (κ2) is 7.01. The van der Waals surface area contributed by atoms with Crippen molar-refractivity contribution in [2.75, 3.05) is 10.6 Å². The average Bonchev–Trinajstić information content (AvgIpc) is 3.20. The van der Waals surface area contributed by atoms with E-state index < -0.39 is 11.8 Å². The van der Waals surface area contributed by atoms with Crippen molar-refractivity contribution in [1.29, 1.82) is 0 Å². The summed E-state index contributed by atoms with van der Waals surface area (Å²) in [6, 6.07) is 0. The van der Waals surface area contributed by atoms with Crippen molar-refractivity contribution >= 4 is 44.8 Å². The highest BCUT2D eigenvalue weighted by molar-refractivity contribution is 7.14. The summed E-state index contributed by atoms with van der Waals surface area (Å²) in [5.74, 6) is -1.12. The molecular formula is C15H16N4O2S2. The van der Waals surface area contributed by atoms with E-state index >= 15 is 0 Å². The van der Waals surface area contributed by atoms with Gasteiger partial charge < -0.3 is 10.6 Å². The van der Waals surface area contributed by atoms with Crippen LogP contribution in [-0.2, 0) is 9.59 Å². The zero-order valence-electron chi connectivity index (χ0n) is 12.5. The molecule has 0 spiro atoms. The maximum atomic E-state index is 12.6. The molecule has 2 aromatic rings. The molecule has 2 atom stereocenters. The number of allylic oxidation sites excluding steroid dienone is 2. The van der Waals surface area contributed by atoms with Gasteiger partial charge in [0, 0.05) is 23.2 Å². The van der Waals surface area contributed by atoms with Crippen LogP contribution in [0.25, 0.3) is 0 Å². The van der Waals surface area contributed by atoms with Gasteiger partial charge in [0.1, 0.15) is 0 Å². The van der Waals surface area contributed by atoms with Gasteiger partial charge in [-0.1, -0.05) is 11.6 Å². The smallest absolute Gasteiger partial charge is 0.230 e. The Bertz CT molecular complexity index is 710. The summed E-state index contributed by atoms with van der Waals surface area (Å²) in [6.07, 6.45) is 6.43. The number of carbonyl (C=O) groups is 2. The number of carbonyl (C=O) groups excluding carboxylic acids is 2. The van der Waals surface area contributed by atoms with Crippen molar-refractivity contribution in [2.45, 2.75) is 19.8 Å². The molecule has 0 aliphatic heterocycles. The van der Waals surface area contributed by atoms with Crippen LogP contribution in [0, 0.1) is 11.8 Å². The summed E-state index contributed by atoms with van der Waals surface area (Å²) in [6.45, 7) is 1.98. The largest absolute Gasteiger partial charge is 0.302 e. The number of hydrogen-bond acceptors (Lipinski definition) is 6. The van der Waals surface area contributed by atoms with Gasteiger partial charge in [-0.3, -0.25) is 9.59 Å². The van der Waals surface area contributed by atoms with Crippen LogP contribution >= 0.6 is 22.7 Å². The van der Waals surface area contributed by atoms with Crippen molar-refractivity contribution in [2.24, 2.45) is 11.8 Å². The molecule has 0 unspecified atom stereocenters. The van der Waals surface area contributed by atoms with Gasteiger partial charge in [-0.25, -0.2) is 9.97 Å². The van der Waals surface area contributed by atoms with Crippen LogP contribution in [0.15, 0.2) is 34.8 Å².